The van der Waals surface area contributed by atoms with E-state index in [0.717, 1.165) is 18.8 Å². The van der Waals surface area contributed by atoms with Crippen LogP contribution in [0.4, 0.5) is 0 Å². The van der Waals surface area contributed by atoms with Crippen molar-refractivity contribution in [2.45, 2.75) is 51.9 Å². The Morgan fingerprint density at radius 3 is 2.47 bits per heavy atom. The van der Waals surface area contributed by atoms with Crippen molar-refractivity contribution < 1.29 is 0 Å². The highest BCUT2D eigenvalue weighted by atomic mass is 14.5. The third-order valence-electron chi connectivity index (χ3n) is 5.36. The minimum atomic E-state index is -0.0533. The Balaban J connectivity index is 1.79. The molecular weight excluding hydrogens is 230 g/mol. The van der Waals surface area contributed by atoms with Gasteiger partial charge in [-0.3, -0.25) is 0 Å². The molecule has 3 unspecified atom stereocenters. The molecular formula is C18H23N. The van der Waals surface area contributed by atoms with Crippen LogP contribution < -0.4 is 0 Å². The number of nitrogens with zero attached hydrogens (tertiary/aromatic N) is 1. The van der Waals surface area contributed by atoms with Gasteiger partial charge < -0.3 is 0 Å². The second kappa shape index (κ2) is 4.67. The predicted molar refractivity (Wildman–Crippen MR) is 77.7 cm³/mol. The number of hydrogen-bond acceptors (Lipinski definition) is 1. The van der Waals surface area contributed by atoms with Crippen LogP contribution >= 0.6 is 0 Å². The Morgan fingerprint density at radius 1 is 1.26 bits per heavy atom. The summed E-state index contributed by atoms with van der Waals surface area (Å²) in [4.78, 5) is 0. The van der Waals surface area contributed by atoms with Crippen LogP contribution in [-0.2, 0) is 6.42 Å². The van der Waals surface area contributed by atoms with Crippen molar-refractivity contribution in [1.82, 2.24) is 0 Å². The largest absolute Gasteiger partial charge is 0.198 e. The second-order valence-electron chi connectivity index (χ2n) is 6.92. The molecule has 0 N–H and O–H groups in total. The van der Waals surface area contributed by atoms with Gasteiger partial charge in [0.2, 0.25) is 0 Å². The van der Waals surface area contributed by atoms with Crippen LogP contribution in [0.15, 0.2) is 24.3 Å². The molecule has 2 saturated carbocycles. The van der Waals surface area contributed by atoms with E-state index in [-0.39, 0.29) is 5.41 Å². The average molecular weight is 253 g/mol. The van der Waals surface area contributed by atoms with E-state index in [0.29, 0.717) is 11.8 Å². The van der Waals surface area contributed by atoms with Crippen LogP contribution in [0.1, 0.15) is 56.6 Å². The van der Waals surface area contributed by atoms with Crippen molar-refractivity contribution in [3.8, 4) is 6.07 Å². The number of fused-ring (bicyclic) bond motifs is 2. The number of benzene rings is 1. The van der Waals surface area contributed by atoms with Gasteiger partial charge in [0.25, 0.3) is 0 Å². The number of nitriles is 1. The molecule has 1 heteroatoms. The minimum Gasteiger partial charge on any atom is -0.198 e. The fraction of sp³-hybridized carbons (Fsp3) is 0.611. The zero-order valence-corrected chi connectivity index (χ0v) is 12.0. The topological polar surface area (TPSA) is 23.8 Å². The molecule has 3 rings (SSSR count). The van der Waals surface area contributed by atoms with Crippen LogP contribution in [0.25, 0.3) is 0 Å². The third kappa shape index (κ3) is 2.18. The molecule has 1 aromatic carbocycles. The third-order valence-corrected chi connectivity index (χ3v) is 5.36. The van der Waals surface area contributed by atoms with Crippen LogP contribution in [0, 0.1) is 28.6 Å². The highest BCUT2D eigenvalue weighted by Gasteiger charge is 2.51. The Kier molecular flexibility index (Phi) is 3.13. The Labute approximate surface area is 116 Å². The molecule has 2 aliphatic carbocycles. The highest BCUT2D eigenvalue weighted by Crippen LogP contribution is 2.56. The molecule has 0 saturated heterocycles. The molecule has 0 aromatic heterocycles. The summed E-state index contributed by atoms with van der Waals surface area (Å²) in [6.07, 6.45) is 6.05. The lowest BCUT2D eigenvalue weighted by molar-refractivity contribution is 0.239. The standard InChI is InChI=1S/C18H23N/c1-13(2)16-6-3-14(4-7-16)10-18(12-19)11-15-5-8-17(18)9-15/h3-4,6-7,13,15,17H,5,8-11H2,1-2H3. The van der Waals surface area contributed by atoms with Crippen molar-refractivity contribution in [1.29, 1.82) is 5.26 Å². The van der Waals surface area contributed by atoms with Gasteiger partial charge in [-0.2, -0.15) is 5.26 Å². The number of rotatable bonds is 3. The first-order valence-electron chi connectivity index (χ1n) is 7.63. The zero-order chi connectivity index (χ0) is 13.5. The Morgan fingerprint density at radius 2 is 2.00 bits per heavy atom. The van der Waals surface area contributed by atoms with E-state index in [1.165, 1.54) is 30.4 Å². The molecule has 0 amide bonds. The van der Waals surface area contributed by atoms with Gasteiger partial charge >= 0.3 is 0 Å². The first-order valence-corrected chi connectivity index (χ1v) is 7.63. The van der Waals surface area contributed by atoms with Crippen molar-refractivity contribution in [2.75, 3.05) is 0 Å². The lowest BCUT2D eigenvalue weighted by atomic mass is 9.70. The fourth-order valence-electron chi connectivity index (χ4n) is 4.22. The van der Waals surface area contributed by atoms with Gasteiger partial charge in [0, 0.05) is 0 Å². The summed E-state index contributed by atoms with van der Waals surface area (Å²) in [5.41, 5.74) is 2.68. The summed E-state index contributed by atoms with van der Waals surface area (Å²) in [6.45, 7) is 4.45. The van der Waals surface area contributed by atoms with Crippen LogP contribution in [0.2, 0.25) is 0 Å². The van der Waals surface area contributed by atoms with E-state index in [4.69, 9.17) is 0 Å². The summed E-state index contributed by atoms with van der Waals surface area (Å²) in [5, 5.41) is 9.69. The summed E-state index contributed by atoms with van der Waals surface area (Å²) in [7, 11) is 0. The highest BCUT2D eigenvalue weighted by molar-refractivity contribution is 5.28. The fourth-order valence-corrected chi connectivity index (χ4v) is 4.22. The van der Waals surface area contributed by atoms with E-state index in [1.54, 1.807) is 0 Å². The maximum atomic E-state index is 9.69. The SMILES string of the molecule is CC(C)c1ccc(CC2(C#N)CC3CCC2C3)cc1. The Bertz CT molecular complexity index is 493. The molecule has 0 aliphatic heterocycles. The van der Waals surface area contributed by atoms with Crippen molar-refractivity contribution in [3.63, 3.8) is 0 Å². The van der Waals surface area contributed by atoms with Crippen LogP contribution in [-0.4, -0.2) is 0 Å². The summed E-state index contributed by atoms with van der Waals surface area (Å²) < 4.78 is 0. The molecule has 1 nitrogen and oxygen atoms in total. The molecule has 19 heavy (non-hydrogen) atoms. The first-order chi connectivity index (χ1) is 9.13. The van der Waals surface area contributed by atoms with Crippen molar-refractivity contribution >= 4 is 0 Å². The van der Waals surface area contributed by atoms with E-state index < -0.39 is 0 Å². The maximum absolute atomic E-state index is 9.69. The van der Waals surface area contributed by atoms with Crippen LogP contribution in [0.5, 0.6) is 0 Å². The number of hydrogen-bond donors (Lipinski definition) is 0. The van der Waals surface area contributed by atoms with Crippen LogP contribution in [0.3, 0.4) is 0 Å². The predicted octanol–water partition coefficient (Wildman–Crippen LogP) is 4.68. The minimum absolute atomic E-state index is 0.0533. The smallest absolute Gasteiger partial charge is 0.0696 e. The molecule has 3 atom stereocenters. The molecule has 0 heterocycles. The quantitative estimate of drug-likeness (QED) is 0.767. The summed E-state index contributed by atoms with van der Waals surface area (Å²) in [5.74, 6) is 2.08. The molecule has 2 fully saturated rings. The van der Waals surface area contributed by atoms with E-state index in [1.807, 2.05) is 0 Å². The van der Waals surface area contributed by atoms with Gasteiger partial charge in [0.15, 0.2) is 0 Å². The summed E-state index contributed by atoms with van der Waals surface area (Å²) in [6, 6.07) is 11.6. The van der Waals surface area contributed by atoms with E-state index in [9.17, 15) is 5.26 Å². The zero-order valence-electron chi connectivity index (χ0n) is 12.0. The Hall–Kier alpha value is -1.29. The van der Waals surface area contributed by atoms with E-state index in [2.05, 4.69) is 44.2 Å². The van der Waals surface area contributed by atoms with Crippen molar-refractivity contribution in [2.24, 2.45) is 17.3 Å². The molecule has 2 bridgehead atoms. The van der Waals surface area contributed by atoms with Gasteiger partial charge in [0.1, 0.15) is 0 Å². The molecule has 0 radical (unpaired) electrons. The molecule has 0 spiro atoms. The molecule has 1 aromatic rings. The lowest BCUT2D eigenvalue weighted by Crippen LogP contribution is -2.28. The normalized spacial score (nSPS) is 32.7. The van der Waals surface area contributed by atoms with Gasteiger partial charge in [0.05, 0.1) is 11.5 Å². The average Bonchev–Trinajstić information content (AvgIpc) is 3.00. The molecule has 2 aliphatic rings. The molecule has 100 valence electrons. The van der Waals surface area contributed by atoms with E-state index >= 15 is 0 Å². The second-order valence-corrected chi connectivity index (χ2v) is 6.92. The lowest BCUT2D eigenvalue weighted by Gasteiger charge is -2.31. The monoisotopic (exact) mass is 253 g/mol. The van der Waals surface area contributed by atoms with Gasteiger partial charge in [-0.25, -0.2) is 0 Å². The van der Waals surface area contributed by atoms with Gasteiger partial charge in [-0.15, -0.1) is 0 Å². The van der Waals surface area contributed by atoms with Gasteiger partial charge in [-0.05, 0) is 54.6 Å². The maximum Gasteiger partial charge on any atom is 0.0696 e. The van der Waals surface area contributed by atoms with Gasteiger partial charge in [-0.1, -0.05) is 44.5 Å². The van der Waals surface area contributed by atoms with Crippen molar-refractivity contribution in [3.05, 3.63) is 35.4 Å². The first kappa shape index (κ1) is 12.7. The summed E-state index contributed by atoms with van der Waals surface area (Å²) >= 11 is 0.